The van der Waals surface area contributed by atoms with Crippen LogP contribution in [0.5, 0.6) is 11.5 Å². The Morgan fingerprint density at radius 3 is 2.55 bits per heavy atom. The van der Waals surface area contributed by atoms with Crippen LogP contribution in [0, 0.1) is 0 Å². The lowest BCUT2D eigenvalue weighted by Crippen LogP contribution is -2.41. The summed E-state index contributed by atoms with van der Waals surface area (Å²) in [5.41, 5.74) is 10.5. The number of ether oxygens (including phenoxy) is 3. The van der Waals surface area contributed by atoms with Gasteiger partial charge in [0, 0.05) is 24.2 Å². The first kappa shape index (κ1) is 27.2. The standard InChI is InChI=1S/C31H37N3O4/c1-34(2)20-27(38-31(35)28(32)19-25-18-24-11-4-6-13-29(24)33-25)21-37-30-14-7-5-10-23(30)16-15-22-9-8-12-26(17-22)36-3/h4-14,17-18,27-28,33H,15-16,19-21,32H2,1-3H3/t27-,28-/m0/s1. The molecule has 7 heteroatoms. The second-order valence-electron chi connectivity index (χ2n) is 9.78. The van der Waals surface area contributed by atoms with Crippen LogP contribution in [0.3, 0.4) is 0 Å². The smallest absolute Gasteiger partial charge is 0.323 e. The van der Waals surface area contributed by atoms with Crippen molar-refractivity contribution in [3.05, 3.63) is 95.7 Å². The number of aryl methyl sites for hydroxylation is 2. The van der Waals surface area contributed by atoms with Crippen molar-refractivity contribution in [2.75, 3.05) is 34.4 Å². The number of hydrogen-bond acceptors (Lipinski definition) is 6. The van der Waals surface area contributed by atoms with Crippen molar-refractivity contribution in [3.8, 4) is 11.5 Å². The predicted octanol–water partition coefficient (Wildman–Crippen LogP) is 4.38. The van der Waals surface area contributed by atoms with Crippen molar-refractivity contribution in [3.63, 3.8) is 0 Å². The summed E-state index contributed by atoms with van der Waals surface area (Å²) in [5, 5.41) is 1.09. The molecule has 0 aliphatic rings. The molecule has 0 unspecified atom stereocenters. The van der Waals surface area contributed by atoms with Gasteiger partial charge in [0.15, 0.2) is 0 Å². The molecule has 0 amide bonds. The van der Waals surface area contributed by atoms with E-state index in [1.54, 1.807) is 7.11 Å². The van der Waals surface area contributed by atoms with E-state index in [-0.39, 0.29) is 6.61 Å². The number of H-pyrrole nitrogens is 1. The first-order valence-electron chi connectivity index (χ1n) is 12.9. The second-order valence-corrected chi connectivity index (χ2v) is 9.78. The second kappa shape index (κ2) is 13.1. The number of aromatic amines is 1. The number of rotatable bonds is 13. The van der Waals surface area contributed by atoms with Gasteiger partial charge in [0.1, 0.15) is 30.3 Å². The molecule has 0 spiro atoms. The molecule has 4 aromatic rings. The maximum absolute atomic E-state index is 12.9. The SMILES string of the molecule is COc1cccc(CCc2ccccc2OC[C@H](CN(C)C)OC(=O)[C@@H](N)Cc2cc3ccccc3[nH]2)c1. The number of likely N-dealkylation sites (N-methyl/N-ethyl adjacent to an activating group) is 1. The van der Waals surface area contributed by atoms with E-state index >= 15 is 0 Å². The summed E-state index contributed by atoms with van der Waals surface area (Å²) in [6.45, 7) is 0.760. The lowest BCUT2D eigenvalue weighted by atomic mass is 10.0. The minimum absolute atomic E-state index is 0.235. The molecule has 7 nitrogen and oxygen atoms in total. The number of carbonyl (C=O) groups is 1. The number of methoxy groups -OCH3 is 1. The van der Waals surface area contributed by atoms with Crippen LogP contribution < -0.4 is 15.2 Å². The molecule has 0 bridgehead atoms. The van der Waals surface area contributed by atoms with Gasteiger partial charge in [0.05, 0.1) is 7.11 Å². The molecule has 200 valence electrons. The molecule has 1 aromatic heterocycles. The van der Waals surface area contributed by atoms with E-state index in [2.05, 4.69) is 23.2 Å². The van der Waals surface area contributed by atoms with Gasteiger partial charge in [-0.25, -0.2) is 0 Å². The van der Waals surface area contributed by atoms with Crippen LogP contribution in [0.4, 0.5) is 0 Å². The number of nitrogens with zero attached hydrogens (tertiary/aromatic N) is 1. The summed E-state index contributed by atoms with van der Waals surface area (Å²) in [5.74, 6) is 1.20. The molecule has 38 heavy (non-hydrogen) atoms. The lowest BCUT2D eigenvalue weighted by molar-refractivity contribution is -0.152. The Hall–Kier alpha value is -3.81. The molecule has 0 radical (unpaired) electrons. The van der Waals surface area contributed by atoms with Crippen molar-refractivity contribution in [2.45, 2.75) is 31.4 Å². The number of nitrogens with one attached hydrogen (secondary N) is 1. The fraction of sp³-hybridized carbons (Fsp3) is 0.323. The molecule has 4 rings (SSSR count). The highest BCUT2D eigenvalue weighted by atomic mass is 16.6. The lowest BCUT2D eigenvalue weighted by Gasteiger charge is -2.24. The number of para-hydroxylation sites is 2. The molecule has 2 atom stereocenters. The third kappa shape index (κ3) is 7.60. The first-order valence-corrected chi connectivity index (χ1v) is 12.9. The van der Waals surface area contributed by atoms with Crippen molar-refractivity contribution >= 4 is 16.9 Å². The van der Waals surface area contributed by atoms with E-state index in [1.807, 2.05) is 79.7 Å². The topological polar surface area (TPSA) is 89.8 Å². The van der Waals surface area contributed by atoms with Crippen molar-refractivity contribution < 1.29 is 19.0 Å². The number of aromatic nitrogens is 1. The van der Waals surface area contributed by atoms with Gasteiger partial charge in [0.25, 0.3) is 0 Å². The molecule has 0 saturated heterocycles. The quantitative estimate of drug-likeness (QED) is 0.257. The van der Waals surface area contributed by atoms with Gasteiger partial charge in [-0.3, -0.25) is 4.79 Å². The molecule has 0 aliphatic heterocycles. The average molecular weight is 516 g/mol. The van der Waals surface area contributed by atoms with E-state index in [1.165, 1.54) is 5.56 Å². The van der Waals surface area contributed by atoms with E-state index in [0.717, 1.165) is 46.5 Å². The van der Waals surface area contributed by atoms with Gasteiger partial charge in [0.2, 0.25) is 0 Å². The molecular weight excluding hydrogens is 478 g/mol. The van der Waals surface area contributed by atoms with Crippen LogP contribution in [0.1, 0.15) is 16.8 Å². The summed E-state index contributed by atoms with van der Waals surface area (Å²) < 4.78 is 17.4. The first-order chi connectivity index (χ1) is 18.4. The predicted molar refractivity (Wildman–Crippen MR) is 151 cm³/mol. The van der Waals surface area contributed by atoms with E-state index in [0.29, 0.717) is 13.0 Å². The Labute approximate surface area is 224 Å². The van der Waals surface area contributed by atoms with Crippen molar-refractivity contribution in [1.82, 2.24) is 9.88 Å². The van der Waals surface area contributed by atoms with Crippen LogP contribution in [-0.4, -0.2) is 62.4 Å². The molecule has 3 aromatic carbocycles. The summed E-state index contributed by atoms with van der Waals surface area (Å²) in [4.78, 5) is 18.2. The average Bonchev–Trinajstić information content (AvgIpc) is 3.33. The molecular formula is C31H37N3O4. The van der Waals surface area contributed by atoms with E-state index in [9.17, 15) is 4.79 Å². The van der Waals surface area contributed by atoms with Crippen LogP contribution in [0.25, 0.3) is 10.9 Å². The fourth-order valence-electron chi connectivity index (χ4n) is 4.49. The Morgan fingerprint density at radius 2 is 1.76 bits per heavy atom. The third-order valence-electron chi connectivity index (χ3n) is 6.39. The normalized spacial score (nSPS) is 12.9. The highest BCUT2D eigenvalue weighted by molar-refractivity contribution is 5.81. The van der Waals surface area contributed by atoms with Crippen LogP contribution >= 0.6 is 0 Å². The minimum atomic E-state index is -0.775. The summed E-state index contributed by atoms with van der Waals surface area (Å²) >= 11 is 0. The molecule has 3 N–H and O–H groups in total. The molecule has 0 saturated carbocycles. The number of hydrogen-bond donors (Lipinski definition) is 2. The van der Waals surface area contributed by atoms with Gasteiger partial charge in [-0.15, -0.1) is 0 Å². The van der Waals surface area contributed by atoms with Gasteiger partial charge in [-0.2, -0.15) is 0 Å². The number of carbonyl (C=O) groups excluding carboxylic acids is 1. The molecule has 0 aliphatic carbocycles. The zero-order valence-corrected chi connectivity index (χ0v) is 22.4. The Kier molecular flexibility index (Phi) is 9.40. The Balaban J connectivity index is 1.35. The largest absolute Gasteiger partial charge is 0.497 e. The molecule has 1 heterocycles. The summed E-state index contributed by atoms with van der Waals surface area (Å²) in [7, 11) is 5.55. The highest BCUT2D eigenvalue weighted by Gasteiger charge is 2.23. The molecule has 0 fully saturated rings. The van der Waals surface area contributed by atoms with Crippen molar-refractivity contribution in [1.29, 1.82) is 0 Å². The van der Waals surface area contributed by atoms with Crippen molar-refractivity contribution in [2.24, 2.45) is 5.73 Å². The summed E-state index contributed by atoms with van der Waals surface area (Å²) in [6.07, 6.45) is 1.58. The number of fused-ring (bicyclic) bond motifs is 1. The Bertz CT molecular complexity index is 1300. The highest BCUT2D eigenvalue weighted by Crippen LogP contribution is 2.22. The van der Waals surface area contributed by atoms with E-state index < -0.39 is 18.1 Å². The zero-order chi connectivity index (χ0) is 26.9. The fourth-order valence-corrected chi connectivity index (χ4v) is 4.49. The van der Waals surface area contributed by atoms with Gasteiger partial charge in [-0.05, 0) is 73.8 Å². The maximum Gasteiger partial charge on any atom is 0.323 e. The minimum Gasteiger partial charge on any atom is -0.497 e. The summed E-state index contributed by atoms with van der Waals surface area (Å²) in [6, 6.07) is 25.3. The van der Waals surface area contributed by atoms with Gasteiger partial charge in [-0.1, -0.05) is 48.5 Å². The van der Waals surface area contributed by atoms with E-state index in [4.69, 9.17) is 19.9 Å². The van der Waals surface area contributed by atoms with Gasteiger partial charge < -0.3 is 29.8 Å². The monoisotopic (exact) mass is 515 g/mol. The number of nitrogens with two attached hydrogens (primary N) is 1. The van der Waals surface area contributed by atoms with Crippen LogP contribution in [0.15, 0.2) is 78.9 Å². The maximum atomic E-state index is 12.9. The third-order valence-corrected chi connectivity index (χ3v) is 6.39. The van der Waals surface area contributed by atoms with Crippen LogP contribution in [-0.2, 0) is 28.8 Å². The zero-order valence-electron chi connectivity index (χ0n) is 22.4. The number of esters is 1. The van der Waals surface area contributed by atoms with Crippen LogP contribution in [0.2, 0.25) is 0 Å². The van der Waals surface area contributed by atoms with Gasteiger partial charge >= 0.3 is 5.97 Å². The Morgan fingerprint density at radius 1 is 0.974 bits per heavy atom. The number of benzene rings is 3.